The third kappa shape index (κ3) is 4.04. The molecule has 3 aromatic rings. The maximum absolute atomic E-state index is 14.0. The summed E-state index contributed by atoms with van der Waals surface area (Å²) in [7, 11) is 0. The van der Waals surface area contributed by atoms with Crippen LogP contribution >= 0.6 is 0 Å². The van der Waals surface area contributed by atoms with Crippen molar-refractivity contribution in [2.45, 2.75) is 33.6 Å². The number of aryl methyl sites for hydroxylation is 3. The summed E-state index contributed by atoms with van der Waals surface area (Å²) in [5.74, 6) is -0.788. The zero-order valence-corrected chi connectivity index (χ0v) is 16.9. The molecule has 29 heavy (non-hydrogen) atoms. The van der Waals surface area contributed by atoms with Crippen LogP contribution in [0.3, 0.4) is 0 Å². The van der Waals surface area contributed by atoms with Crippen LogP contribution in [0, 0.1) is 32.5 Å². The summed E-state index contributed by atoms with van der Waals surface area (Å²) < 4.78 is 14.0. The van der Waals surface area contributed by atoms with Crippen LogP contribution in [-0.2, 0) is 4.79 Å². The Morgan fingerprint density at radius 1 is 1.17 bits per heavy atom. The van der Waals surface area contributed by atoms with Gasteiger partial charge in [-0.1, -0.05) is 6.07 Å². The van der Waals surface area contributed by atoms with Gasteiger partial charge in [0.1, 0.15) is 11.3 Å². The monoisotopic (exact) mass is 393 g/mol. The molecule has 1 amide bonds. The molecule has 1 aliphatic heterocycles. The quantitative estimate of drug-likeness (QED) is 0.730. The highest BCUT2D eigenvalue weighted by atomic mass is 19.1. The molecule has 1 N–H and O–H groups in total. The smallest absolute Gasteiger partial charge is 0.229 e. The normalized spacial score (nSPS) is 16.8. The molecule has 150 valence electrons. The number of hydrogen-bond donors (Lipinski definition) is 1. The van der Waals surface area contributed by atoms with Crippen molar-refractivity contribution in [2.24, 2.45) is 5.92 Å². The van der Waals surface area contributed by atoms with Crippen molar-refractivity contribution < 1.29 is 9.18 Å². The SMILES string of the molecule is Cc1ccc(F)c(NC(=O)[C@H]2CCCN(c3cnc4nc(C)c(C)nc4c3)C2)c1. The number of nitrogens with one attached hydrogen (secondary N) is 1. The fraction of sp³-hybridized carbons (Fsp3) is 0.364. The Morgan fingerprint density at radius 2 is 1.97 bits per heavy atom. The number of nitrogens with zero attached hydrogens (tertiary/aromatic N) is 4. The minimum atomic E-state index is -0.417. The molecule has 6 nitrogen and oxygen atoms in total. The summed E-state index contributed by atoms with van der Waals surface area (Å²) in [5, 5.41) is 2.76. The molecule has 3 heterocycles. The van der Waals surface area contributed by atoms with E-state index in [1.807, 2.05) is 26.8 Å². The molecular formula is C22H24FN5O. The number of pyridine rings is 1. The van der Waals surface area contributed by atoms with Crippen LogP contribution in [0.15, 0.2) is 30.5 Å². The molecule has 0 spiro atoms. The summed E-state index contributed by atoms with van der Waals surface area (Å²) >= 11 is 0. The van der Waals surface area contributed by atoms with Gasteiger partial charge in [-0.3, -0.25) is 4.79 Å². The van der Waals surface area contributed by atoms with Gasteiger partial charge in [0.15, 0.2) is 5.65 Å². The van der Waals surface area contributed by atoms with E-state index in [1.165, 1.54) is 6.07 Å². The number of anilines is 2. The number of carbonyl (C=O) groups is 1. The number of hydrogen-bond acceptors (Lipinski definition) is 5. The van der Waals surface area contributed by atoms with E-state index in [2.05, 4.69) is 25.2 Å². The highest BCUT2D eigenvalue weighted by molar-refractivity contribution is 5.93. The van der Waals surface area contributed by atoms with Crippen molar-refractivity contribution in [1.29, 1.82) is 0 Å². The first kappa shape index (κ1) is 19.2. The van der Waals surface area contributed by atoms with Crippen LogP contribution in [0.2, 0.25) is 0 Å². The molecule has 0 bridgehead atoms. The van der Waals surface area contributed by atoms with Gasteiger partial charge in [0.2, 0.25) is 5.91 Å². The molecule has 0 saturated carbocycles. The van der Waals surface area contributed by atoms with E-state index in [4.69, 9.17) is 0 Å². The van der Waals surface area contributed by atoms with E-state index >= 15 is 0 Å². The zero-order valence-electron chi connectivity index (χ0n) is 16.9. The highest BCUT2D eigenvalue weighted by Crippen LogP contribution is 2.26. The Labute approximate surface area is 169 Å². The summed E-state index contributed by atoms with van der Waals surface area (Å²) in [5.41, 5.74) is 5.19. The van der Waals surface area contributed by atoms with E-state index in [9.17, 15) is 9.18 Å². The fourth-order valence-corrected chi connectivity index (χ4v) is 3.67. The van der Waals surface area contributed by atoms with Crippen LogP contribution in [0.5, 0.6) is 0 Å². The van der Waals surface area contributed by atoms with Gasteiger partial charge in [0, 0.05) is 13.1 Å². The second-order valence-corrected chi connectivity index (χ2v) is 7.69. The maximum Gasteiger partial charge on any atom is 0.229 e. The predicted molar refractivity (Wildman–Crippen MR) is 112 cm³/mol. The predicted octanol–water partition coefficient (Wildman–Crippen LogP) is 3.94. The zero-order chi connectivity index (χ0) is 20.5. The van der Waals surface area contributed by atoms with Gasteiger partial charge in [-0.05, 0) is 57.4 Å². The average molecular weight is 393 g/mol. The van der Waals surface area contributed by atoms with Crippen molar-refractivity contribution in [3.63, 3.8) is 0 Å². The average Bonchev–Trinajstić information content (AvgIpc) is 2.71. The van der Waals surface area contributed by atoms with Crippen molar-refractivity contribution >= 4 is 28.4 Å². The molecule has 1 aromatic carbocycles. The lowest BCUT2D eigenvalue weighted by Gasteiger charge is -2.33. The molecule has 2 aromatic heterocycles. The van der Waals surface area contributed by atoms with E-state index in [1.54, 1.807) is 18.3 Å². The Kier molecular flexibility index (Phi) is 5.13. The minimum Gasteiger partial charge on any atom is -0.369 e. The summed E-state index contributed by atoms with van der Waals surface area (Å²) in [6, 6.07) is 6.70. The Balaban J connectivity index is 1.52. The molecule has 1 aliphatic rings. The van der Waals surface area contributed by atoms with Gasteiger partial charge in [0.25, 0.3) is 0 Å². The number of fused-ring (bicyclic) bond motifs is 1. The second-order valence-electron chi connectivity index (χ2n) is 7.69. The van der Waals surface area contributed by atoms with Gasteiger partial charge < -0.3 is 10.2 Å². The second kappa shape index (κ2) is 7.73. The fourth-order valence-electron chi connectivity index (χ4n) is 3.67. The third-order valence-electron chi connectivity index (χ3n) is 5.46. The van der Waals surface area contributed by atoms with Gasteiger partial charge in [-0.15, -0.1) is 0 Å². The first-order valence-electron chi connectivity index (χ1n) is 9.83. The molecule has 0 radical (unpaired) electrons. The van der Waals surface area contributed by atoms with Gasteiger partial charge in [-0.25, -0.2) is 19.3 Å². The van der Waals surface area contributed by atoms with Crippen molar-refractivity contribution in [1.82, 2.24) is 15.0 Å². The lowest BCUT2D eigenvalue weighted by molar-refractivity contribution is -0.120. The van der Waals surface area contributed by atoms with Crippen molar-refractivity contribution in [3.05, 3.63) is 53.2 Å². The van der Waals surface area contributed by atoms with Crippen molar-refractivity contribution in [2.75, 3.05) is 23.3 Å². The molecule has 1 atom stereocenters. The van der Waals surface area contributed by atoms with Crippen LogP contribution in [0.1, 0.15) is 29.8 Å². The molecular weight excluding hydrogens is 369 g/mol. The third-order valence-corrected chi connectivity index (χ3v) is 5.46. The number of piperidine rings is 1. The Morgan fingerprint density at radius 3 is 2.79 bits per heavy atom. The first-order chi connectivity index (χ1) is 13.9. The Hall–Kier alpha value is -3.09. The van der Waals surface area contributed by atoms with E-state index in [0.717, 1.165) is 47.5 Å². The Bertz CT molecular complexity index is 1080. The molecule has 0 aliphatic carbocycles. The molecule has 4 rings (SSSR count). The largest absolute Gasteiger partial charge is 0.369 e. The number of halogens is 1. The molecule has 1 saturated heterocycles. The van der Waals surface area contributed by atoms with Gasteiger partial charge in [-0.2, -0.15) is 0 Å². The first-order valence-corrected chi connectivity index (χ1v) is 9.83. The standard InChI is InChI=1S/C22H24FN5O/c1-13-6-7-18(23)19(9-13)27-22(29)16-5-4-8-28(12-16)17-10-20-21(24-11-17)26-15(3)14(2)25-20/h6-7,9-11,16H,4-5,8,12H2,1-3H3,(H,27,29)/t16-/m0/s1. The van der Waals surface area contributed by atoms with Crippen LogP contribution < -0.4 is 10.2 Å². The van der Waals surface area contributed by atoms with E-state index in [0.29, 0.717) is 12.2 Å². The van der Waals surface area contributed by atoms with Crippen LogP contribution in [-0.4, -0.2) is 33.9 Å². The lowest BCUT2D eigenvalue weighted by Crippen LogP contribution is -2.41. The highest BCUT2D eigenvalue weighted by Gasteiger charge is 2.27. The van der Waals surface area contributed by atoms with Gasteiger partial charge in [0.05, 0.1) is 34.9 Å². The number of carbonyl (C=O) groups excluding carboxylic acids is 1. The minimum absolute atomic E-state index is 0.154. The number of amides is 1. The lowest BCUT2D eigenvalue weighted by atomic mass is 9.96. The summed E-state index contributed by atoms with van der Waals surface area (Å²) in [6.45, 7) is 7.12. The maximum atomic E-state index is 14.0. The summed E-state index contributed by atoms with van der Waals surface area (Å²) in [4.78, 5) is 28.4. The summed E-state index contributed by atoms with van der Waals surface area (Å²) in [6.07, 6.45) is 3.44. The number of aromatic nitrogens is 3. The number of rotatable bonds is 3. The van der Waals surface area contributed by atoms with Crippen LogP contribution in [0.25, 0.3) is 11.2 Å². The molecule has 7 heteroatoms. The topological polar surface area (TPSA) is 71.0 Å². The molecule has 1 fully saturated rings. The van der Waals surface area contributed by atoms with Crippen LogP contribution in [0.4, 0.5) is 15.8 Å². The van der Waals surface area contributed by atoms with Crippen molar-refractivity contribution in [3.8, 4) is 0 Å². The van der Waals surface area contributed by atoms with E-state index in [-0.39, 0.29) is 17.5 Å². The number of benzene rings is 1. The van der Waals surface area contributed by atoms with E-state index < -0.39 is 5.82 Å². The van der Waals surface area contributed by atoms with Gasteiger partial charge >= 0.3 is 0 Å². The molecule has 0 unspecified atom stereocenters.